The summed E-state index contributed by atoms with van der Waals surface area (Å²) in [5.41, 5.74) is -0.00141. The molecule has 0 saturated heterocycles. The Labute approximate surface area is 118 Å². The summed E-state index contributed by atoms with van der Waals surface area (Å²) in [7, 11) is 0. The normalized spacial score (nSPS) is 13.8. The van der Waals surface area contributed by atoms with Crippen LogP contribution in [0.1, 0.15) is 38.6 Å². The molecule has 0 fully saturated rings. The molecule has 0 saturated carbocycles. The first-order valence-electron chi connectivity index (χ1n) is 6.85. The van der Waals surface area contributed by atoms with Crippen LogP contribution in [0.3, 0.4) is 0 Å². The van der Waals surface area contributed by atoms with Crippen LogP contribution in [0.15, 0.2) is 6.07 Å². The van der Waals surface area contributed by atoms with Gasteiger partial charge in [-0.25, -0.2) is 0 Å². The summed E-state index contributed by atoms with van der Waals surface area (Å²) in [5, 5.41) is 13.8. The van der Waals surface area contributed by atoms with Crippen molar-refractivity contribution >= 4 is 11.9 Å². The maximum absolute atomic E-state index is 12.1. The van der Waals surface area contributed by atoms with Gasteiger partial charge in [0, 0.05) is 18.7 Å². The smallest absolute Gasteiger partial charge is 0.323 e. The number of hydrogen-bond donors (Lipinski definition) is 1. The summed E-state index contributed by atoms with van der Waals surface area (Å²) in [4.78, 5) is 23.8. The molecule has 6 heteroatoms. The summed E-state index contributed by atoms with van der Waals surface area (Å²) in [6.07, 6.45) is 0.265. The van der Waals surface area contributed by atoms with E-state index in [9.17, 15) is 14.7 Å². The molecule has 1 rings (SSSR count). The topological polar surface area (TPSA) is 81.4 Å². The van der Waals surface area contributed by atoms with Gasteiger partial charge >= 0.3 is 11.9 Å². The van der Waals surface area contributed by atoms with Crippen molar-refractivity contribution < 1.29 is 19.4 Å². The minimum absolute atomic E-state index is 0.0896. The molecule has 0 aliphatic carbocycles. The highest BCUT2D eigenvalue weighted by molar-refractivity contribution is 5.99. The van der Waals surface area contributed by atoms with E-state index in [2.05, 4.69) is 5.10 Å². The fraction of sp³-hybridized carbons (Fsp3) is 0.643. The number of carbonyl (C=O) groups is 2. The van der Waals surface area contributed by atoms with Crippen molar-refractivity contribution in [3.63, 3.8) is 0 Å². The van der Waals surface area contributed by atoms with Crippen molar-refractivity contribution in [2.45, 2.75) is 47.1 Å². The fourth-order valence-corrected chi connectivity index (χ4v) is 2.25. The molecule has 1 N–H and O–H groups in total. The fourth-order valence-electron chi connectivity index (χ4n) is 2.25. The molecule has 1 unspecified atom stereocenters. The molecule has 0 aliphatic heterocycles. The zero-order chi connectivity index (χ0) is 15.3. The van der Waals surface area contributed by atoms with Crippen LogP contribution in [0.4, 0.5) is 0 Å². The zero-order valence-electron chi connectivity index (χ0n) is 12.5. The first-order chi connectivity index (χ1) is 9.41. The third-order valence-electron chi connectivity index (χ3n) is 3.45. The van der Waals surface area contributed by atoms with Crippen molar-refractivity contribution in [1.82, 2.24) is 9.78 Å². The summed E-state index contributed by atoms with van der Waals surface area (Å²) >= 11 is 0. The monoisotopic (exact) mass is 282 g/mol. The maximum Gasteiger partial charge on any atom is 0.323 e. The quantitative estimate of drug-likeness (QED) is 0.609. The van der Waals surface area contributed by atoms with E-state index in [-0.39, 0.29) is 19.4 Å². The molecule has 0 spiro atoms. The minimum Gasteiger partial charge on any atom is -0.480 e. The van der Waals surface area contributed by atoms with Crippen LogP contribution in [0.2, 0.25) is 0 Å². The minimum atomic E-state index is -1.55. The Morgan fingerprint density at radius 2 is 2.05 bits per heavy atom. The van der Waals surface area contributed by atoms with Crippen LogP contribution in [0.5, 0.6) is 0 Å². The van der Waals surface area contributed by atoms with Crippen LogP contribution in [0.25, 0.3) is 0 Å². The van der Waals surface area contributed by atoms with Gasteiger partial charge in [0.2, 0.25) is 0 Å². The molecule has 0 aromatic carbocycles. The third kappa shape index (κ3) is 3.00. The highest BCUT2D eigenvalue weighted by atomic mass is 16.5. The molecule has 1 atom stereocenters. The Balaban J connectivity index is 3.18. The lowest BCUT2D eigenvalue weighted by Gasteiger charge is -2.25. The van der Waals surface area contributed by atoms with Crippen molar-refractivity contribution in [3.05, 3.63) is 17.5 Å². The summed E-state index contributed by atoms with van der Waals surface area (Å²) in [6, 6.07) is 1.82. The Morgan fingerprint density at radius 1 is 1.40 bits per heavy atom. The van der Waals surface area contributed by atoms with Gasteiger partial charge in [-0.05, 0) is 33.3 Å². The van der Waals surface area contributed by atoms with Crippen LogP contribution in [-0.2, 0) is 27.3 Å². The average Bonchev–Trinajstić information content (AvgIpc) is 2.75. The Morgan fingerprint density at radius 3 is 2.50 bits per heavy atom. The van der Waals surface area contributed by atoms with E-state index in [1.165, 1.54) is 0 Å². The molecular formula is C14H22N2O4. The van der Waals surface area contributed by atoms with E-state index >= 15 is 0 Å². The number of aromatic nitrogens is 2. The van der Waals surface area contributed by atoms with Gasteiger partial charge in [0.25, 0.3) is 0 Å². The molecule has 0 bridgehead atoms. The van der Waals surface area contributed by atoms with Crippen molar-refractivity contribution in [2.75, 3.05) is 6.61 Å². The summed E-state index contributed by atoms with van der Waals surface area (Å²) in [6.45, 7) is 7.92. The second-order valence-electron chi connectivity index (χ2n) is 4.73. The lowest BCUT2D eigenvalue weighted by atomic mass is 9.80. The first-order valence-corrected chi connectivity index (χ1v) is 6.85. The van der Waals surface area contributed by atoms with E-state index in [0.717, 1.165) is 11.4 Å². The van der Waals surface area contributed by atoms with Gasteiger partial charge in [-0.1, -0.05) is 6.92 Å². The van der Waals surface area contributed by atoms with Gasteiger partial charge < -0.3 is 9.84 Å². The second-order valence-corrected chi connectivity index (χ2v) is 4.73. The van der Waals surface area contributed by atoms with Crippen molar-refractivity contribution in [2.24, 2.45) is 5.41 Å². The lowest BCUT2D eigenvalue weighted by Crippen LogP contribution is -2.42. The second kappa shape index (κ2) is 6.54. The molecule has 0 radical (unpaired) electrons. The molecule has 112 valence electrons. The number of aliphatic carboxylic acids is 1. The molecule has 0 amide bonds. The number of carboxylic acid groups (broad SMARTS) is 1. The number of carboxylic acids is 1. The highest BCUT2D eigenvalue weighted by Crippen LogP contribution is 2.30. The van der Waals surface area contributed by atoms with Crippen LogP contribution < -0.4 is 0 Å². The van der Waals surface area contributed by atoms with Gasteiger partial charge in [-0.2, -0.15) is 5.10 Å². The van der Waals surface area contributed by atoms with Gasteiger partial charge in [0.1, 0.15) is 0 Å². The maximum atomic E-state index is 12.1. The van der Waals surface area contributed by atoms with Crippen LogP contribution >= 0.6 is 0 Å². The van der Waals surface area contributed by atoms with E-state index in [4.69, 9.17) is 4.74 Å². The predicted octanol–water partition coefficient (Wildman–Crippen LogP) is 1.80. The summed E-state index contributed by atoms with van der Waals surface area (Å²) < 4.78 is 6.69. The SMILES string of the molecule is CCOC(=O)C(CC)(Cc1cc(C)nn1CC)C(=O)O. The van der Waals surface area contributed by atoms with Gasteiger partial charge in [-0.3, -0.25) is 14.3 Å². The Kier molecular flexibility index (Phi) is 5.30. The molecule has 1 heterocycles. The summed E-state index contributed by atoms with van der Waals surface area (Å²) in [5.74, 6) is -1.84. The molecule has 1 aromatic heterocycles. The number of carbonyl (C=O) groups excluding carboxylic acids is 1. The van der Waals surface area contributed by atoms with E-state index in [1.54, 1.807) is 18.5 Å². The molecule has 1 aromatic rings. The van der Waals surface area contributed by atoms with Crippen LogP contribution in [0, 0.1) is 12.3 Å². The number of esters is 1. The molecule has 6 nitrogen and oxygen atoms in total. The first kappa shape index (κ1) is 16.2. The predicted molar refractivity (Wildman–Crippen MR) is 73.3 cm³/mol. The highest BCUT2D eigenvalue weighted by Gasteiger charge is 2.47. The number of aryl methyl sites for hydroxylation is 2. The largest absolute Gasteiger partial charge is 0.480 e. The van der Waals surface area contributed by atoms with E-state index in [1.807, 2.05) is 19.9 Å². The number of hydrogen-bond acceptors (Lipinski definition) is 4. The van der Waals surface area contributed by atoms with Gasteiger partial charge in [0.05, 0.1) is 12.3 Å². The number of ether oxygens (including phenoxy) is 1. The Bertz CT molecular complexity index is 495. The third-order valence-corrected chi connectivity index (χ3v) is 3.45. The van der Waals surface area contributed by atoms with E-state index < -0.39 is 17.4 Å². The number of nitrogens with zero attached hydrogens (tertiary/aromatic N) is 2. The lowest BCUT2D eigenvalue weighted by molar-refractivity contribution is -0.169. The standard InChI is InChI=1S/C14H22N2O4/c1-5-14(12(17)18,13(19)20-7-3)9-11-8-10(4)15-16(11)6-2/h8H,5-7,9H2,1-4H3,(H,17,18). The molecular weight excluding hydrogens is 260 g/mol. The van der Waals surface area contributed by atoms with Crippen LogP contribution in [-0.4, -0.2) is 33.4 Å². The number of rotatable bonds is 7. The molecule has 0 aliphatic rings. The van der Waals surface area contributed by atoms with E-state index in [0.29, 0.717) is 6.54 Å². The van der Waals surface area contributed by atoms with Crippen molar-refractivity contribution in [3.8, 4) is 0 Å². The van der Waals surface area contributed by atoms with Gasteiger partial charge in [0.15, 0.2) is 5.41 Å². The zero-order valence-corrected chi connectivity index (χ0v) is 12.5. The van der Waals surface area contributed by atoms with Gasteiger partial charge in [-0.15, -0.1) is 0 Å². The molecule has 20 heavy (non-hydrogen) atoms. The van der Waals surface area contributed by atoms with Crippen molar-refractivity contribution in [1.29, 1.82) is 0 Å². The average molecular weight is 282 g/mol. The Hall–Kier alpha value is -1.85.